The highest BCUT2D eigenvalue weighted by atomic mass is 16.5. The minimum absolute atomic E-state index is 0.0260. The number of amides is 1. The molecule has 0 bridgehead atoms. The Morgan fingerprint density at radius 2 is 2.00 bits per heavy atom. The summed E-state index contributed by atoms with van der Waals surface area (Å²) in [5.74, 6) is 0.00310. The second-order valence-corrected chi connectivity index (χ2v) is 9.04. The van der Waals surface area contributed by atoms with Gasteiger partial charge in [0.05, 0.1) is 19.8 Å². The normalized spacial score (nSPS) is 19.0. The van der Waals surface area contributed by atoms with Crippen molar-refractivity contribution in [2.24, 2.45) is 0 Å². The fraction of sp³-hybridized carbons (Fsp3) is 0.407. The number of aromatic nitrogens is 1. The summed E-state index contributed by atoms with van der Waals surface area (Å²) in [4.78, 5) is 29.8. The summed E-state index contributed by atoms with van der Waals surface area (Å²) in [6.45, 7) is 5.39. The van der Waals surface area contributed by atoms with Gasteiger partial charge in [-0.1, -0.05) is 26.0 Å². The first-order valence-corrected chi connectivity index (χ1v) is 11.7. The van der Waals surface area contributed by atoms with Gasteiger partial charge in [0, 0.05) is 54.5 Å². The van der Waals surface area contributed by atoms with Crippen LogP contribution in [0, 0.1) is 0 Å². The second kappa shape index (κ2) is 9.50. The molecule has 2 atom stereocenters. The van der Waals surface area contributed by atoms with Crippen molar-refractivity contribution in [3.8, 4) is 5.75 Å². The Hall–Kier alpha value is -3.32. The molecule has 180 valence electrons. The standard InChI is InChI=1S/C27H32N2O5/c1-5-11-29-12-10-27(32,26(29)31)15-18-6-9-23-21(13-18)22(16-28-23)17(2)20-8-7-19(25(30)34-4)14-24(20)33-3/h6-9,13-14,16-17,28,32H,5,10-12,15H2,1-4H3. The molecule has 1 saturated heterocycles. The number of methoxy groups -OCH3 is 2. The number of hydrogen-bond acceptors (Lipinski definition) is 5. The molecule has 0 spiro atoms. The summed E-state index contributed by atoms with van der Waals surface area (Å²) in [6, 6.07) is 11.3. The van der Waals surface area contributed by atoms with Gasteiger partial charge in [0.15, 0.2) is 0 Å². The monoisotopic (exact) mass is 464 g/mol. The van der Waals surface area contributed by atoms with Gasteiger partial charge in [-0.25, -0.2) is 4.79 Å². The minimum Gasteiger partial charge on any atom is -0.496 e. The van der Waals surface area contributed by atoms with Crippen molar-refractivity contribution in [1.29, 1.82) is 0 Å². The number of benzene rings is 2. The summed E-state index contributed by atoms with van der Waals surface area (Å²) in [7, 11) is 2.94. The summed E-state index contributed by atoms with van der Waals surface area (Å²) in [6.07, 6.45) is 3.59. The van der Waals surface area contributed by atoms with Crippen molar-refractivity contribution in [3.63, 3.8) is 0 Å². The number of nitrogens with zero attached hydrogens (tertiary/aromatic N) is 1. The number of likely N-dealkylation sites (tertiary alicyclic amines) is 1. The molecule has 1 aliphatic rings. The van der Waals surface area contributed by atoms with Crippen LogP contribution in [0.15, 0.2) is 42.6 Å². The maximum absolute atomic E-state index is 12.8. The molecule has 2 unspecified atom stereocenters. The number of ether oxygens (including phenoxy) is 2. The first kappa shape index (κ1) is 23.8. The van der Waals surface area contributed by atoms with Crippen LogP contribution in [0.3, 0.4) is 0 Å². The number of esters is 1. The second-order valence-electron chi connectivity index (χ2n) is 9.04. The zero-order valence-corrected chi connectivity index (χ0v) is 20.2. The third kappa shape index (κ3) is 4.28. The van der Waals surface area contributed by atoms with E-state index in [1.54, 1.807) is 24.1 Å². The van der Waals surface area contributed by atoms with Crippen LogP contribution in [0.1, 0.15) is 59.7 Å². The van der Waals surface area contributed by atoms with Crippen molar-refractivity contribution in [2.75, 3.05) is 27.3 Å². The molecule has 7 heteroatoms. The quantitative estimate of drug-likeness (QED) is 0.491. The molecule has 2 N–H and O–H groups in total. The summed E-state index contributed by atoms with van der Waals surface area (Å²) < 4.78 is 10.4. The third-order valence-electron chi connectivity index (χ3n) is 6.84. The Bertz CT molecular complexity index is 1220. The number of fused-ring (bicyclic) bond motifs is 1. The topological polar surface area (TPSA) is 91.9 Å². The molecule has 4 rings (SSSR count). The minimum atomic E-state index is -1.35. The largest absolute Gasteiger partial charge is 0.496 e. The predicted octanol–water partition coefficient (Wildman–Crippen LogP) is 4.03. The van der Waals surface area contributed by atoms with Gasteiger partial charge in [-0.05, 0) is 41.8 Å². The summed E-state index contributed by atoms with van der Waals surface area (Å²) in [5.41, 5.74) is 3.00. The molecule has 1 aromatic heterocycles. The fourth-order valence-electron chi connectivity index (χ4n) is 4.95. The van der Waals surface area contributed by atoms with Gasteiger partial charge in [-0.2, -0.15) is 0 Å². The molecule has 0 radical (unpaired) electrons. The van der Waals surface area contributed by atoms with Crippen molar-refractivity contribution < 1.29 is 24.2 Å². The van der Waals surface area contributed by atoms with Crippen LogP contribution in [-0.4, -0.2) is 59.8 Å². The number of aliphatic hydroxyl groups is 1. The Kier molecular flexibility index (Phi) is 6.66. The van der Waals surface area contributed by atoms with E-state index in [-0.39, 0.29) is 18.2 Å². The molecular weight excluding hydrogens is 432 g/mol. The van der Waals surface area contributed by atoms with E-state index in [1.165, 1.54) is 7.11 Å². The number of hydrogen-bond donors (Lipinski definition) is 2. The molecule has 1 fully saturated rings. The average Bonchev–Trinajstić information content (AvgIpc) is 3.39. The van der Waals surface area contributed by atoms with Gasteiger partial charge >= 0.3 is 5.97 Å². The van der Waals surface area contributed by atoms with E-state index in [4.69, 9.17) is 9.47 Å². The number of carbonyl (C=O) groups excluding carboxylic acids is 2. The fourth-order valence-corrected chi connectivity index (χ4v) is 4.95. The maximum atomic E-state index is 12.8. The maximum Gasteiger partial charge on any atom is 0.337 e. The van der Waals surface area contributed by atoms with E-state index in [0.717, 1.165) is 34.0 Å². The van der Waals surface area contributed by atoms with Gasteiger partial charge in [-0.3, -0.25) is 4.79 Å². The number of nitrogens with one attached hydrogen (secondary N) is 1. The number of carbonyl (C=O) groups is 2. The van der Waals surface area contributed by atoms with Crippen molar-refractivity contribution >= 4 is 22.8 Å². The third-order valence-corrected chi connectivity index (χ3v) is 6.84. The van der Waals surface area contributed by atoms with Gasteiger partial charge in [-0.15, -0.1) is 0 Å². The van der Waals surface area contributed by atoms with E-state index in [1.807, 2.05) is 31.3 Å². The molecule has 2 heterocycles. The van der Waals surface area contributed by atoms with E-state index in [2.05, 4.69) is 18.0 Å². The van der Waals surface area contributed by atoms with Gasteiger partial charge < -0.3 is 24.5 Å². The molecule has 0 saturated carbocycles. The van der Waals surface area contributed by atoms with Crippen LogP contribution in [0.5, 0.6) is 5.75 Å². The van der Waals surface area contributed by atoms with E-state index in [0.29, 0.717) is 30.8 Å². The molecule has 34 heavy (non-hydrogen) atoms. The molecule has 1 amide bonds. The van der Waals surface area contributed by atoms with Gasteiger partial charge in [0.1, 0.15) is 11.4 Å². The Morgan fingerprint density at radius 3 is 2.71 bits per heavy atom. The molecule has 2 aromatic carbocycles. The molecule has 0 aliphatic carbocycles. The number of H-pyrrole nitrogens is 1. The van der Waals surface area contributed by atoms with Crippen molar-refractivity contribution in [2.45, 2.75) is 44.6 Å². The molecule has 3 aromatic rings. The lowest BCUT2D eigenvalue weighted by atomic mass is 9.89. The summed E-state index contributed by atoms with van der Waals surface area (Å²) >= 11 is 0. The lowest BCUT2D eigenvalue weighted by Crippen LogP contribution is -2.42. The van der Waals surface area contributed by atoms with Gasteiger partial charge in [0.25, 0.3) is 5.91 Å². The van der Waals surface area contributed by atoms with Crippen LogP contribution in [0.25, 0.3) is 10.9 Å². The van der Waals surface area contributed by atoms with Crippen LogP contribution in [0.4, 0.5) is 0 Å². The highest BCUT2D eigenvalue weighted by molar-refractivity contribution is 5.90. The SMILES string of the molecule is CCCN1CCC(O)(Cc2ccc3[nH]cc(C(C)c4ccc(C(=O)OC)cc4OC)c3c2)C1=O. The Morgan fingerprint density at radius 1 is 1.21 bits per heavy atom. The molecule has 1 aliphatic heterocycles. The van der Waals surface area contributed by atoms with E-state index in [9.17, 15) is 14.7 Å². The van der Waals surface area contributed by atoms with Crippen LogP contribution < -0.4 is 4.74 Å². The lowest BCUT2D eigenvalue weighted by molar-refractivity contribution is -0.143. The Balaban J connectivity index is 1.64. The zero-order valence-electron chi connectivity index (χ0n) is 20.2. The summed E-state index contributed by atoms with van der Waals surface area (Å²) in [5, 5.41) is 12.1. The predicted molar refractivity (Wildman–Crippen MR) is 130 cm³/mol. The van der Waals surface area contributed by atoms with Gasteiger partial charge in [0.2, 0.25) is 0 Å². The highest BCUT2D eigenvalue weighted by Crippen LogP contribution is 2.37. The van der Waals surface area contributed by atoms with Crippen LogP contribution in [0.2, 0.25) is 0 Å². The number of rotatable bonds is 8. The van der Waals surface area contributed by atoms with E-state index < -0.39 is 11.6 Å². The van der Waals surface area contributed by atoms with Crippen LogP contribution >= 0.6 is 0 Å². The smallest absolute Gasteiger partial charge is 0.337 e. The average molecular weight is 465 g/mol. The lowest BCUT2D eigenvalue weighted by Gasteiger charge is -2.22. The highest BCUT2D eigenvalue weighted by Gasteiger charge is 2.44. The first-order chi connectivity index (χ1) is 16.3. The van der Waals surface area contributed by atoms with Crippen molar-refractivity contribution in [3.05, 3.63) is 64.8 Å². The number of aromatic amines is 1. The zero-order chi connectivity index (χ0) is 24.5. The first-order valence-electron chi connectivity index (χ1n) is 11.7. The molecular formula is C27H32N2O5. The Labute approximate surface area is 199 Å². The van der Waals surface area contributed by atoms with Crippen molar-refractivity contribution in [1.82, 2.24) is 9.88 Å². The van der Waals surface area contributed by atoms with E-state index >= 15 is 0 Å². The molecule has 7 nitrogen and oxygen atoms in total. The van der Waals surface area contributed by atoms with Crippen LogP contribution in [-0.2, 0) is 16.0 Å².